The third kappa shape index (κ3) is 6.67. The number of alkyl halides is 1. The predicted octanol–water partition coefficient (Wildman–Crippen LogP) is 5.90. The monoisotopic (exact) mass is 856 g/mol. The van der Waals surface area contributed by atoms with E-state index in [1.165, 1.54) is 31.2 Å². The number of terminal acetylenes is 1. The molecule has 0 unspecified atom stereocenters. The number of rotatable bonds is 9. The van der Waals surface area contributed by atoms with Crippen molar-refractivity contribution in [3.8, 4) is 41.2 Å². The first-order valence-corrected chi connectivity index (χ1v) is 21.4. The molecule has 3 N–H and O–H groups in total. The van der Waals surface area contributed by atoms with E-state index in [1.54, 1.807) is 6.20 Å². The van der Waals surface area contributed by atoms with Crippen molar-refractivity contribution in [1.82, 2.24) is 35.5 Å². The zero-order valence-corrected chi connectivity index (χ0v) is 34.3. The van der Waals surface area contributed by atoms with Crippen LogP contribution in [0.4, 0.5) is 19.0 Å². The van der Waals surface area contributed by atoms with Crippen molar-refractivity contribution in [2.45, 2.75) is 81.3 Å². The van der Waals surface area contributed by atoms with E-state index in [1.807, 2.05) is 24.3 Å². The second kappa shape index (κ2) is 15.1. The minimum atomic E-state index is -1.11. The molecular weight excluding hydrogens is 814 g/mol. The molecule has 0 spiro atoms. The highest BCUT2D eigenvalue weighted by molar-refractivity contribution is 6.04. The number of para-hydroxylation sites is 1. The molecule has 4 saturated heterocycles. The second-order valence-corrected chi connectivity index (χ2v) is 17.4. The quantitative estimate of drug-likeness (QED) is 0.0909. The Morgan fingerprint density at radius 3 is 2.84 bits per heavy atom. The van der Waals surface area contributed by atoms with Gasteiger partial charge in [0.2, 0.25) is 11.8 Å². The molecule has 3 aromatic carbocycles. The van der Waals surface area contributed by atoms with Crippen LogP contribution < -0.4 is 29.7 Å². The molecule has 6 atom stereocenters. The van der Waals surface area contributed by atoms with Gasteiger partial charge in [-0.3, -0.25) is 9.69 Å². The van der Waals surface area contributed by atoms with Crippen LogP contribution in [0.5, 0.6) is 17.6 Å². The number of nitrogens with zero attached hydrogens (tertiary/aromatic N) is 5. The van der Waals surface area contributed by atoms with Gasteiger partial charge in [0, 0.05) is 73.0 Å². The SMILES string of the molecule is C#Cc1c(F)ccc2cc(OC(=O)[C@H](Cc3c[nH]c4ccccc34)NC(C)=O)cc(-c3nc4c5c(nc(OC[C@@]67CCCN6C[C@H](F)C7)nc5c3F)N3C[C@H]5CC[C@H](N5)[C@H]3CO4)c12. The number of aromatic nitrogens is 4. The number of nitrogens with one attached hydrogen (secondary N) is 3. The van der Waals surface area contributed by atoms with E-state index in [4.69, 9.17) is 30.6 Å². The maximum atomic E-state index is 17.8. The van der Waals surface area contributed by atoms with E-state index in [0.717, 1.165) is 48.7 Å². The molecular formula is C47H43F3N8O5. The van der Waals surface area contributed by atoms with Crippen molar-refractivity contribution in [2.24, 2.45) is 0 Å². The lowest BCUT2D eigenvalue weighted by Gasteiger charge is -2.40. The van der Waals surface area contributed by atoms with Gasteiger partial charge in [-0.2, -0.15) is 9.97 Å². The van der Waals surface area contributed by atoms with E-state index in [-0.39, 0.29) is 88.5 Å². The zero-order chi connectivity index (χ0) is 43.1. The van der Waals surface area contributed by atoms with Crippen molar-refractivity contribution in [1.29, 1.82) is 0 Å². The summed E-state index contributed by atoms with van der Waals surface area (Å²) in [6, 6.07) is 12.0. The van der Waals surface area contributed by atoms with E-state index in [0.29, 0.717) is 30.7 Å². The van der Waals surface area contributed by atoms with Gasteiger partial charge in [-0.15, -0.1) is 6.42 Å². The number of piperazine rings is 1. The van der Waals surface area contributed by atoms with Crippen molar-refractivity contribution in [2.75, 3.05) is 37.7 Å². The Balaban J connectivity index is 1.04. The van der Waals surface area contributed by atoms with Crippen LogP contribution in [0.2, 0.25) is 0 Å². The predicted molar refractivity (Wildman–Crippen MR) is 228 cm³/mol. The summed E-state index contributed by atoms with van der Waals surface area (Å²) >= 11 is 0. The average Bonchev–Trinajstić information content (AvgIpc) is 4.02. The molecule has 2 bridgehead atoms. The van der Waals surface area contributed by atoms with E-state index >= 15 is 8.78 Å². The molecule has 5 aliphatic rings. The third-order valence-corrected chi connectivity index (χ3v) is 13.6. The third-order valence-electron chi connectivity index (χ3n) is 13.6. The highest BCUT2D eigenvalue weighted by Gasteiger charge is 2.50. The van der Waals surface area contributed by atoms with Crippen LogP contribution in [0.15, 0.2) is 54.7 Å². The topological polar surface area (TPSA) is 147 Å². The minimum absolute atomic E-state index is 0.0143. The summed E-state index contributed by atoms with van der Waals surface area (Å²) in [7, 11) is 0. The number of pyridine rings is 1. The van der Waals surface area contributed by atoms with Gasteiger partial charge < -0.3 is 34.7 Å². The summed E-state index contributed by atoms with van der Waals surface area (Å²) in [4.78, 5) is 48.3. The first-order valence-electron chi connectivity index (χ1n) is 21.4. The lowest BCUT2D eigenvalue weighted by molar-refractivity contribution is -0.139. The molecule has 322 valence electrons. The number of hydrogen-bond acceptors (Lipinski definition) is 11. The second-order valence-electron chi connectivity index (χ2n) is 17.4. The van der Waals surface area contributed by atoms with Gasteiger partial charge in [-0.05, 0) is 67.4 Å². The van der Waals surface area contributed by atoms with Gasteiger partial charge in [0.25, 0.3) is 0 Å². The summed E-state index contributed by atoms with van der Waals surface area (Å²) in [6.45, 7) is 3.32. The summed E-state index contributed by atoms with van der Waals surface area (Å²) in [5.74, 6) is 0.0159. The molecule has 4 fully saturated rings. The normalized spacial score (nSPS) is 24.1. The van der Waals surface area contributed by atoms with Gasteiger partial charge in [-0.25, -0.2) is 22.9 Å². The number of fused-ring (bicyclic) bond motifs is 8. The highest BCUT2D eigenvalue weighted by atomic mass is 19.1. The molecule has 1 amide bonds. The van der Waals surface area contributed by atoms with Gasteiger partial charge in [-0.1, -0.05) is 30.2 Å². The van der Waals surface area contributed by atoms with Crippen LogP contribution in [0.1, 0.15) is 50.2 Å². The molecule has 16 heteroatoms. The summed E-state index contributed by atoms with van der Waals surface area (Å²) in [5.41, 5.74) is 0.559. The van der Waals surface area contributed by atoms with Gasteiger partial charge >= 0.3 is 12.0 Å². The largest absolute Gasteiger partial charge is 0.475 e. The number of H-pyrrole nitrogens is 1. The number of ether oxygens (including phenoxy) is 3. The molecule has 6 aromatic rings. The van der Waals surface area contributed by atoms with Crippen molar-refractivity contribution in [3.05, 3.63) is 77.5 Å². The smallest absolute Gasteiger partial charge is 0.334 e. The lowest BCUT2D eigenvalue weighted by atomic mass is 9.95. The lowest BCUT2D eigenvalue weighted by Crippen LogP contribution is -2.60. The molecule has 13 nitrogen and oxygen atoms in total. The maximum Gasteiger partial charge on any atom is 0.334 e. The summed E-state index contributed by atoms with van der Waals surface area (Å²) in [6.07, 6.45) is 10.7. The van der Waals surface area contributed by atoms with Crippen LogP contribution in [0.25, 0.3) is 43.8 Å². The highest BCUT2D eigenvalue weighted by Crippen LogP contribution is 2.46. The molecule has 5 aliphatic heterocycles. The van der Waals surface area contributed by atoms with Crippen LogP contribution in [0, 0.1) is 24.0 Å². The first-order chi connectivity index (χ1) is 30.6. The fourth-order valence-electron chi connectivity index (χ4n) is 10.8. The van der Waals surface area contributed by atoms with Gasteiger partial charge in [0.1, 0.15) is 59.4 Å². The van der Waals surface area contributed by atoms with Crippen LogP contribution in [-0.2, 0) is 16.0 Å². The summed E-state index contributed by atoms with van der Waals surface area (Å²) < 4.78 is 67.0. The molecule has 8 heterocycles. The van der Waals surface area contributed by atoms with Crippen LogP contribution >= 0.6 is 0 Å². The number of carbonyl (C=O) groups is 2. The average molecular weight is 857 g/mol. The van der Waals surface area contributed by atoms with E-state index in [2.05, 4.69) is 36.3 Å². The molecule has 0 radical (unpaired) electrons. The number of carbonyl (C=O) groups excluding carboxylic acids is 2. The maximum absolute atomic E-state index is 17.8. The molecule has 0 aliphatic carbocycles. The molecule has 0 saturated carbocycles. The number of halogens is 3. The Morgan fingerprint density at radius 2 is 1.98 bits per heavy atom. The van der Waals surface area contributed by atoms with Gasteiger partial charge in [0.15, 0.2) is 5.82 Å². The standard InChI is InChI=1S/C47H43F3N8O5/c1-3-30-33(49)11-9-25-15-29(63-45(60)36(52-24(2)59)16-26-19-51-34-8-5-4-7-31(26)34)17-32(38(25)30)41-40(50)42-39-43(58-21-28-10-12-35(53-28)37(58)22-61-44(39)54-41)56-46(55-42)62-23-47-13-6-14-57(47)20-27(48)18-47/h1,4-5,7-9,11,15,17,19,27-28,35-37,51,53H,6,10,12-14,16,18,20-23H2,2H3,(H,52,59)/t27-,28-,35+,36+,37-,47+/m1/s1. The molecule has 3 aromatic heterocycles. The van der Waals surface area contributed by atoms with Crippen LogP contribution in [0.3, 0.4) is 0 Å². The fourth-order valence-corrected chi connectivity index (χ4v) is 10.8. The Hall–Kier alpha value is -6.44. The number of aromatic amines is 1. The molecule has 63 heavy (non-hydrogen) atoms. The fraction of sp³-hybridized carbons (Fsp3) is 0.383. The Morgan fingerprint density at radius 1 is 1.11 bits per heavy atom. The first kappa shape index (κ1) is 39.4. The zero-order valence-electron chi connectivity index (χ0n) is 34.3. The molecule has 11 rings (SSSR count). The summed E-state index contributed by atoms with van der Waals surface area (Å²) in [5, 5.41) is 7.99. The van der Waals surface area contributed by atoms with Crippen molar-refractivity contribution < 1.29 is 37.0 Å². The number of anilines is 1. The number of esters is 1. The van der Waals surface area contributed by atoms with Gasteiger partial charge in [0.05, 0.1) is 17.1 Å². The van der Waals surface area contributed by atoms with E-state index < -0.39 is 41.3 Å². The van der Waals surface area contributed by atoms with Crippen LogP contribution in [-0.4, -0.2) is 105 Å². The number of benzene rings is 3. The Bertz CT molecular complexity index is 2920. The number of amides is 1. The Kier molecular flexibility index (Phi) is 9.46. The van der Waals surface area contributed by atoms with Crippen molar-refractivity contribution in [3.63, 3.8) is 0 Å². The number of hydrogen-bond donors (Lipinski definition) is 3. The van der Waals surface area contributed by atoms with E-state index in [9.17, 15) is 14.0 Å². The van der Waals surface area contributed by atoms with Crippen molar-refractivity contribution >= 4 is 50.3 Å². The minimum Gasteiger partial charge on any atom is -0.475 e. The Labute approximate surface area is 359 Å².